The lowest BCUT2D eigenvalue weighted by Gasteiger charge is -1.98. The quantitative estimate of drug-likeness (QED) is 0.746. The Labute approximate surface area is 124 Å². The molecular formula is C14H11BrN4O. The zero-order chi connectivity index (χ0) is 13.9. The van der Waals surface area contributed by atoms with Gasteiger partial charge in [0.2, 0.25) is 0 Å². The van der Waals surface area contributed by atoms with E-state index in [1.807, 2.05) is 24.3 Å². The summed E-state index contributed by atoms with van der Waals surface area (Å²) in [7, 11) is 0. The zero-order valence-corrected chi connectivity index (χ0v) is 12.0. The van der Waals surface area contributed by atoms with Gasteiger partial charge in [-0.3, -0.25) is 4.98 Å². The third-order valence-electron chi connectivity index (χ3n) is 2.72. The molecule has 0 amide bonds. The van der Waals surface area contributed by atoms with Crippen LogP contribution in [-0.4, -0.2) is 15.1 Å². The van der Waals surface area contributed by atoms with E-state index in [-0.39, 0.29) is 0 Å². The van der Waals surface area contributed by atoms with Crippen LogP contribution in [0.5, 0.6) is 0 Å². The van der Waals surface area contributed by atoms with Gasteiger partial charge in [-0.2, -0.15) is 4.98 Å². The van der Waals surface area contributed by atoms with E-state index in [0.717, 1.165) is 15.6 Å². The molecule has 0 aliphatic heterocycles. The largest absolute Gasteiger partial charge is 0.399 e. The number of nitrogens with zero attached hydrogens (tertiary/aromatic N) is 3. The monoisotopic (exact) mass is 330 g/mol. The smallest absolute Gasteiger partial charge is 0.258 e. The fourth-order valence-corrected chi connectivity index (χ4v) is 2.38. The second-order valence-corrected chi connectivity index (χ2v) is 5.24. The summed E-state index contributed by atoms with van der Waals surface area (Å²) >= 11 is 3.39. The van der Waals surface area contributed by atoms with Crippen molar-refractivity contribution in [3.8, 4) is 11.5 Å². The molecule has 0 atom stereocenters. The molecule has 6 heteroatoms. The molecular weight excluding hydrogens is 320 g/mol. The summed E-state index contributed by atoms with van der Waals surface area (Å²) < 4.78 is 6.15. The molecule has 0 fully saturated rings. The Bertz CT molecular complexity index is 707. The predicted molar refractivity (Wildman–Crippen MR) is 78.9 cm³/mol. The van der Waals surface area contributed by atoms with Gasteiger partial charge in [0, 0.05) is 34.5 Å². The molecule has 1 aromatic carbocycles. The van der Waals surface area contributed by atoms with Gasteiger partial charge in [-0.15, -0.1) is 0 Å². The first-order chi connectivity index (χ1) is 9.70. The van der Waals surface area contributed by atoms with Crippen LogP contribution in [-0.2, 0) is 6.42 Å². The van der Waals surface area contributed by atoms with E-state index >= 15 is 0 Å². The highest BCUT2D eigenvalue weighted by Crippen LogP contribution is 2.25. The zero-order valence-electron chi connectivity index (χ0n) is 10.5. The molecule has 0 saturated carbocycles. The van der Waals surface area contributed by atoms with E-state index in [1.165, 1.54) is 0 Å². The maximum absolute atomic E-state index is 5.80. The van der Waals surface area contributed by atoms with Gasteiger partial charge in [0.1, 0.15) is 0 Å². The minimum absolute atomic E-state index is 0.455. The topological polar surface area (TPSA) is 77.8 Å². The number of benzene rings is 1. The van der Waals surface area contributed by atoms with E-state index in [4.69, 9.17) is 10.3 Å². The van der Waals surface area contributed by atoms with Gasteiger partial charge < -0.3 is 10.3 Å². The third kappa shape index (κ3) is 2.85. The molecule has 3 aromatic rings. The molecule has 0 unspecified atom stereocenters. The Balaban J connectivity index is 1.86. The van der Waals surface area contributed by atoms with Crippen LogP contribution >= 0.6 is 15.9 Å². The van der Waals surface area contributed by atoms with Gasteiger partial charge in [0.05, 0.1) is 0 Å². The van der Waals surface area contributed by atoms with Crippen molar-refractivity contribution in [3.05, 3.63) is 58.6 Å². The van der Waals surface area contributed by atoms with E-state index in [0.29, 0.717) is 23.8 Å². The van der Waals surface area contributed by atoms with Crippen molar-refractivity contribution >= 4 is 21.6 Å². The average molecular weight is 331 g/mol. The molecule has 0 radical (unpaired) electrons. The van der Waals surface area contributed by atoms with E-state index < -0.39 is 0 Å². The Morgan fingerprint density at radius 3 is 2.90 bits per heavy atom. The van der Waals surface area contributed by atoms with Gasteiger partial charge in [-0.25, -0.2) is 0 Å². The van der Waals surface area contributed by atoms with E-state index in [2.05, 4.69) is 31.1 Å². The number of aromatic nitrogens is 3. The van der Waals surface area contributed by atoms with Crippen molar-refractivity contribution in [1.29, 1.82) is 0 Å². The number of halogens is 1. The molecule has 20 heavy (non-hydrogen) atoms. The lowest BCUT2D eigenvalue weighted by atomic mass is 10.2. The lowest BCUT2D eigenvalue weighted by molar-refractivity contribution is 0.424. The van der Waals surface area contributed by atoms with Crippen LogP contribution in [0.15, 0.2) is 51.7 Å². The van der Waals surface area contributed by atoms with Gasteiger partial charge in [-0.1, -0.05) is 27.2 Å². The second kappa shape index (κ2) is 5.42. The summed E-state index contributed by atoms with van der Waals surface area (Å²) in [6.45, 7) is 0. The van der Waals surface area contributed by atoms with Crippen LogP contribution in [0.1, 0.15) is 11.4 Å². The summed E-state index contributed by atoms with van der Waals surface area (Å²) in [5.74, 6) is 1.07. The number of rotatable bonds is 3. The molecule has 3 rings (SSSR count). The van der Waals surface area contributed by atoms with Crippen LogP contribution < -0.4 is 5.73 Å². The number of pyridine rings is 1. The first-order valence-electron chi connectivity index (χ1n) is 5.98. The third-order valence-corrected chi connectivity index (χ3v) is 3.18. The van der Waals surface area contributed by atoms with E-state index in [9.17, 15) is 0 Å². The van der Waals surface area contributed by atoms with Crippen molar-refractivity contribution in [2.75, 3.05) is 5.73 Å². The second-order valence-electron chi connectivity index (χ2n) is 4.33. The van der Waals surface area contributed by atoms with Crippen LogP contribution in [0.3, 0.4) is 0 Å². The fraction of sp³-hybridized carbons (Fsp3) is 0.0714. The number of nitrogen functional groups attached to an aromatic ring is 1. The van der Waals surface area contributed by atoms with Crippen molar-refractivity contribution in [2.45, 2.75) is 6.42 Å². The summed E-state index contributed by atoms with van der Waals surface area (Å²) in [5, 5.41) is 3.98. The molecule has 0 spiro atoms. The van der Waals surface area contributed by atoms with Crippen LogP contribution in [0.4, 0.5) is 5.69 Å². The first-order valence-corrected chi connectivity index (χ1v) is 6.78. The SMILES string of the molecule is Nc1cc(Br)cc(-c2nc(Cc3cccnc3)no2)c1. The van der Waals surface area contributed by atoms with Crippen molar-refractivity contribution in [1.82, 2.24) is 15.1 Å². The van der Waals surface area contributed by atoms with Crippen LogP contribution in [0.2, 0.25) is 0 Å². The molecule has 0 saturated heterocycles. The molecule has 2 heterocycles. The minimum Gasteiger partial charge on any atom is -0.399 e. The Morgan fingerprint density at radius 1 is 1.25 bits per heavy atom. The predicted octanol–water partition coefficient (Wildman–Crippen LogP) is 3.07. The van der Waals surface area contributed by atoms with Crippen molar-refractivity contribution < 1.29 is 4.52 Å². The molecule has 100 valence electrons. The lowest BCUT2D eigenvalue weighted by Crippen LogP contribution is -1.91. The van der Waals surface area contributed by atoms with Gasteiger partial charge >= 0.3 is 0 Å². The molecule has 2 aromatic heterocycles. The number of nitrogens with two attached hydrogens (primary N) is 1. The van der Waals surface area contributed by atoms with Crippen molar-refractivity contribution in [3.63, 3.8) is 0 Å². The molecule has 0 aliphatic carbocycles. The van der Waals surface area contributed by atoms with Crippen LogP contribution in [0.25, 0.3) is 11.5 Å². The number of anilines is 1. The summed E-state index contributed by atoms with van der Waals surface area (Å²) in [4.78, 5) is 8.44. The summed E-state index contributed by atoms with van der Waals surface area (Å²) in [6, 6.07) is 9.35. The average Bonchev–Trinajstić information content (AvgIpc) is 2.87. The van der Waals surface area contributed by atoms with Crippen LogP contribution in [0, 0.1) is 0 Å². The Hall–Kier alpha value is -2.21. The molecule has 5 nitrogen and oxygen atoms in total. The summed E-state index contributed by atoms with van der Waals surface area (Å²) in [6.07, 6.45) is 4.10. The summed E-state index contributed by atoms with van der Waals surface area (Å²) in [5.41, 5.74) is 8.27. The highest BCUT2D eigenvalue weighted by atomic mass is 79.9. The van der Waals surface area contributed by atoms with Gasteiger partial charge in [0.15, 0.2) is 5.82 Å². The normalized spacial score (nSPS) is 10.7. The van der Waals surface area contributed by atoms with Crippen molar-refractivity contribution in [2.24, 2.45) is 0 Å². The minimum atomic E-state index is 0.455. The first kappa shape index (κ1) is 12.8. The highest BCUT2D eigenvalue weighted by molar-refractivity contribution is 9.10. The Kier molecular flexibility index (Phi) is 3.47. The molecule has 0 aliphatic rings. The maximum atomic E-state index is 5.80. The van der Waals surface area contributed by atoms with E-state index in [1.54, 1.807) is 18.5 Å². The number of hydrogen-bond acceptors (Lipinski definition) is 5. The standard InChI is InChI=1S/C14H11BrN4O/c15-11-5-10(6-12(16)7-11)14-18-13(19-20-14)4-9-2-1-3-17-8-9/h1-3,5-8H,4,16H2. The maximum Gasteiger partial charge on any atom is 0.258 e. The molecule has 2 N–H and O–H groups in total. The highest BCUT2D eigenvalue weighted by Gasteiger charge is 2.10. The van der Waals surface area contributed by atoms with Gasteiger partial charge in [0.25, 0.3) is 5.89 Å². The fourth-order valence-electron chi connectivity index (χ4n) is 1.86. The van der Waals surface area contributed by atoms with Gasteiger partial charge in [-0.05, 0) is 29.8 Å². The number of hydrogen-bond donors (Lipinski definition) is 1. The molecule has 0 bridgehead atoms. The Morgan fingerprint density at radius 2 is 2.15 bits per heavy atom.